The lowest BCUT2D eigenvalue weighted by molar-refractivity contribution is 0.0286. The Labute approximate surface area is 110 Å². The lowest BCUT2D eigenvalue weighted by Crippen LogP contribution is -2.43. The molecule has 1 fully saturated rings. The molecule has 4 nitrogen and oxygen atoms in total. The number of aliphatic hydroxyl groups is 1. The molecule has 0 radical (unpaired) electrons. The van der Waals surface area contributed by atoms with E-state index in [1.165, 1.54) is 12.8 Å². The van der Waals surface area contributed by atoms with Crippen molar-refractivity contribution in [2.75, 3.05) is 19.6 Å². The van der Waals surface area contributed by atoms with E-state index in [1.807, 2.05) is 19.3 Å². The Hall–Kier alpha value is -0.870. The normalized spacial score (nSPS) is 25.5. The number of unbranched alkanes of at least 4 members (excludes halogenated alkanes) is 1. The van der Waals surface area contributed by atoms with Crippen LogP contribution in [0.2, 0.25) is 0 Å². The van der Waals surface area contributed by atoms with Gasteiger partial charge in [0.25, 0.3) is 0 Å². The van der Waals surface area contributed by atoms with Crippen LogP contribution in [0.4, 0.5) is 0 Å². The molecular weight excluding hydrogens is 226 g/mol. The first-order valence-corrected chi connectivity index (χ1v) is 7.05. The van der Waals surface area contributed by atoms with E-state index < -0.39 is 0 Å². The van der Waals surface area contributed by atoms with Crippen molar-refractivity contribution in [1.82, 2.24) is 14.5 Å². The van der Waals surface area contributed by atoms with Gasteiger partial charge in [-0.25, -0.2) is 4.98 Å². The SMILES string of the molecule is Cc1nccn1CCCCN1CCC(C)C(O)C1. The third kappa shape index (κ3) is 3.56. The van der Waals surface area contributed by atoms with E-state index in [0.29, 0.717) is 5.92 Å². The summed E-state index contributed by atoms with van der Waals surface area (Å²) in [6, 6.07) is 0. The Morgan fingerprint density at radius 1 is 1.39 bits per heavy atom. The number of likely N-dealkylation sites (tertiary alicyclic amines) is 1. The van der Waals surface area contributed by atoms with Crippen molar-refractivity contribution < 1.29 is 5.11 Å². The first kappa shape index (κ1) is 13.6. The van der Waals surface area contributed by atoms with Crippen LogP contribution in [0.1, 0.15) is 32.0 Å². The standard InChI is InChI=1S/C14H25N3O/c1-12-5-9-16(11-14(12)18)7-3-4-8-17-10-6-15-13(17)2/h6,10,12,14,18H,3-5,7-9,11H2,1-2H3. The van der Waals surface area contributed by atoms with Gasteiger partial charge in [-0.05, 0) is 45.2 Å². The lowest BCUT2D eigenvalue weighted by atomic mass is 9.96. The fourth-order valence-corrected chi connectivity index (χ4v) is 2.58. The lowest BCUT2D eigenvalue weighted by Gasteiger charge is -2.34. The summed E-state index contributed by atoms with van der Waals surface area (Å²) in [6.07, 6.45) is 7.27. The van der Waals surface area contributed by atoms with Crippen molar-refractivity contribution in [1.29, 1.82) is 0 Å². The Morgan fingerprint density at radius 2 is 2.17 bits per heavy atom. The smallest absolute Gasteiger partial charge is 0.105 e. The topological polar surface area (TPSA) is 41.3 Å². The fourth-order valence-electron chi connectivity index (χ4n) is 2.58. The van der Waals surface area contributed by atoms with E-state index in [4.69, 9.17) is 0 Å². The van der Waals surface area contributed by atoms with E-state index in [-0.39, 0.29) is 6.10 Å². The van der Waals surface area contributed by atoms with Gasteiger partial charge in [-0.3, -0.25) is 0 Å². The number of piperidine rings is 1. The van der Waals surface area contributed by atoms with E-state index in [1.54, 1.807) is 0 Å². The zero-order valence-electron chi connectivity index (χ0n) is 11.5. The maximum atomic E-state index is 9.84. The van der Waals surface area contributed by atoms with Crippen LogP contribution in [0.5, 0.6) is 0 Å². The molecule has 1 aliphatic heterocycles. The molecule has 0 aromatic carbocycles. The molecule has 18 heavy (non-hydrogen) atoms. The zero-order chi connectivity index (χ0) is 13.0. The van der Waals surface area contributed by atoms with Crippen LogP contribution >= 0.6 is 0 Å². The second kappa shape index (κ2) is 6.34. The highest BCUT2D eigenvalue weighted by Crippen LogP contribution is 2.17. The highest BCUT2D eigenvalue weighted by atomic mass is 16.3. The van der Waals surface area contributed by atoms with Gasteiger partial charge in [0.15, 0.2) is 0 Å². The van der Waals surface area contributed by atoms with Crippen LogP contribution in [-0.4, -0.2) is 45.3 Å². The highest BCUT2D eigenvalue weighted by molar-refractivity contribution is 4.88. The zero-order valence-corrected chi connectivity index (χ0v) is 11.5. The number of aliphatic hydroxyl groups excluding tert-OH is 1. The van der Waals surface area contributed by atoms with Crippen molar-refractivity contribution in [3.63, 3.8) is 0 Å². The Kier molecular flexibility index (Phi) is 4.78. The van der Waals surface area contributed by atoms with Crippen molar-refractivity contribution in [2.24, 2.45) is 5.92 Å². The second-order valence-corrected chi connectivity index (χ2v) is 5.51. The number of rotatable bonds is 5. The highest BCUT2D eigenvalue weighted by Gasteiger charge is 2.23. The molecule has 2 atom stereocenters. The summed E-state index contributed by atoms with van der Waals surface area (Å²) in [7, 11) is 0. The molecule has 1 N–H and O–H groups in total. The molecular formula is C14H25N3O. The molecule has 2 heterocycles. The molecule has 0 spiro atoms. The quantitative estimate of drug-likeness (QED) is 0.809. The molecule has 2 unspecified atom stereocenters. The van der Waals surface area contributed by atoms with Gasteiger partial charge in [-0.1, -0.05) is 6.92 Å². The summed E-state index contributed by atoms with van der Waals surface area (Å²) < 4.78 is 2.20. The maximum absolute atomic E-state index is 9.84. The van der Waals surface area contributed by atoms with Crippen molar-refractivity contribution in [3.05, 3.63) is 18.2 Å². The summed E-state index contributed by atoms with van der Waals surface area (Å²) >= 11 is 0. The summed E-state index contributed by atoms with van der Waals surface area (Å²) in [5, 5.41) is 9.84. The van der Waals surface area contributed by atoms with E-state index in [2.05, 4.69) is 21.4 Å². The predicted molar refractivity (Wildman–Crippen MR) is 72.4 cm³/mol. The molecule has 0 amide bonds. The number of nitrogens with zero attached hydrogens (tertiary/aromatic N) is 3. The monoisotopic (exact) mass is 251 g/mol. The van der Waals surface area contributed by atoms with Gasteiger partial charge in [0.2, 0.25) is 0 Å². The molecule has 2 rings (SSSR count). The predicted octanol–water partition coefficient (Wildman–Crippen LogP) is 1.67. The summed E-state index contributed by atoms with van der Waals surface area (Å²) in [6.45, 7) is 8.34. The van der Waals surface area contributed by atoms with Crippen molar-refractivity contribution in [3.8, 4) is 0 Å². The van der Waals surface area contributed by atoms with Crippen molar-refractivity contribution in [2.45, 2.75) is 45.8 Å². The molecule has 1 aromatic heterocycles. The summed E-state index contributed by atoms with van der Waals surface area (Å²) in [5.41, 5.74) is 0. The number of β-amino-alcohol motifs (C(OH)–C–C–N with tert-alkyl or cyclic N) is 1. The Bertz CT molecular complexity index is 364. The number of hydrogen-bond acceptors (Lipinski definition) is 3. The third-order valence-corrected chi connectivity index (χ3v) is 4.05. The Morgan fingerprint density at radius 3 is 2.83 bits per heavy atom. The molecule has 0 aliphatic carbocycles. The average Bonchev–Trinajstić information content (AvgIpc) is 2.75. The van der Waals surface area contributed by atoms with Crippen LogP contribution in [-0.2, 0) is 6.54 Å². The van der Waals surface area contributed by atoms with Crippen LogP contribution in [0, 0.1) is 12.8 Å². The Balaban J connectivity index is 1.63. The minimum absolute atomic E-state index is 0.130. The van der Waals surface area contributed by atoms with Crippen LogP contribution in [0.25, 0.3) is 0 Å². The molecule has 102 valence electrons. The number of imidazole rings is 1. The number of hydrogen-bond donors (Lipinski definition) is 1. The van der Waals surface area contributed by atoms with Gasteiger partial charge in [0.05, 0.1) is 6.10 Å². The molecule has 0 saturated carbocycles. The fraction of sp³-hybridized carbons (Fsp3) is 0.786. The summed E-state index contributed by atoms with van der Waals surface area (Å²) in [5.74, 6) is 1.56. The van der Waals surface area contributed by atoms with Crippen LogP contribution in [0.15, 0.2) is 12.4 Å². The number of aromatic nitrogens is 2. The van der Waals surface area contributed by atoms with E-state index >= 15 is 0 Å². The van der Waals surface area contributed by atoms with Crippen LogP contribution in [0.3, 0.4) is 0 Å². The van der Waals surface area contributed by atoms with Gasteiger partial charge in [-0.2, -0.15) is 0 Å². The van der Waals surface area contributed by atoms with Gasteiger partial charge in [0.1, 0.15) is 5.82 Å². The summed E-state index contributed by atoms with van der Waals surface area (Å²) in [4.78, 5) is 6.62. The molecule has 4 heteroatoms. The molecule has 1 aromatic rings. The third-order valence-electron chi connectivity index (χ3n) is 4.05. The van der Waals surface area contributed by atoms with Gasteiger partial charge >= 0.3 is 0 Å². The molecule has 1 saturated heterocycles. The molecule has 1 aliphatic rings. The van der Waals surface area contributed by atoms with E-state index in [9.17, 15) is 5.11 Å². The van der Waals surface area contributed by atoms with E-state index in [0.717, 1.165) is 38.4 Å². The maximum Gasteiger partial charge on any atom is 0.105 e. The van der Waals surface area contributed by atoms with Crippen LogP contribution < -0.4 is 0 Å². The number of aryl methyl sites for hydroxylation is 2. The first-order chi connectivity index (χ1) is 8.66. The van der Waals surface area contributed by atoms with Gasteiger partial charge in [0, 0.05) is 25.5 Å². The minimum Gasteiger partial charge on any atom is -0.392 e. The second-order valence-electron chi connectivity index (χ2n) is 5.51. The average molecular weight is 251 g/mol. The molecule has 0 bridgehead atoms. The van der Waals surface area contributed by atoms with Crippen molar-refractivity contribution >= 4 is 0 Å². The first-order valence-electron chi connectivity index (χ1n) is 7.05. The minimum atomic E-state index is -0.130. The van der Waals surface area contributed by atoms with Gasteiger partial charge in [-0.15, -0.1) is 0 Å². The largest absolute Gasteiger partial charge is 0.392 e. The van der Waals surface area contributed by atoms with Gasteiger partial charge < -0.3 is 14.6 Å².